The average Bonchev–Trinajstić information content (AvgIpc) is 2.30. The van der Waals surface area contributed by atoms with Crippen LogP contribution in [0, 0.1) is 0 Å². The Kier molecular flexibility index (Phi) is 7.28. The molecule has 96 valence electrons. The molecule has 17 heavy (non-hydrogen) atoms. The highest BCUT2D eigenvalue weighted by Gasteiger charge is 2.07. The van der Waals surface area contributed by atoms with Crippen molar-refractivity contribution in [2.45, 2.75) is 11.0 Å². The number of hydrogen-bond donors (Lipinski definition) is 1. The van der Waals surface area contributed by atoms with Crippen molar-refractivity contribution in [2.75, 3.05) is 39.6 Å². The average molecular weight is 255 g/mol. The van der Waals surface area contributed by atoms with Gasteiger partial charge in [-0.1, -0.05) is 18.2 Å². The summed E-state index contributed by atoms with van der Waals surface area (Å²) >= 11 is 1.83. The lowest BCUT2D eigenvalue weighted by atomic mass is 10.3. The Hall–Kier alpha value is -0.550. The Balaban J connectivity index is 2.14. The Labute approximate surface area is 108 Å². The van der Waals surface area contributed by atoms with Gasteiger partial charge in [-0.05, 0) is 19.2 Å². The highest BCUT2D eigenvalue weighted by Crippen LogP contribution is 2.16. The van der Waals surface area contributed by atoms with Crippen molar-refractivity contribution in [3.63, 3.8) is 0 Å². The molecule has 0 spiro atoms. The predicted molar refractivity (Wildman–Crippen MR) is 72.5 cm³/mol. The maximum Gasteiger partial charge on any atom is 0.0899 e. The molecule has 0 aliphatic rings. The molecule has 0 aliphatic carbocycles. The third-order valence-corrected chi connectivity index (χ3v) is 3.36. The molecule has 1 aromatic rings. The van der Waals surface area contributed by atoms with E-state index in [2.05, 4.69) is 17.0 Å². The molecule has 0 amide bonds. The molecule has 0 saturated heterocycles. The van der Waals surface area contributed by atoms with Crippen molar-refractivity contribution in [1.82, 2.24) is 4.90 Å². The van der Waals surface area contributed by atoms with Gasteiger partial charge in [0.2, 0.25) is 0 Å². The van der Waals surface area contributed by atoms with Crippen LogP contribution < -0.4 is 0 Å². The third kappa shape index (κ3) is 6.68. The summed E-state index contributed by atoms with van der Waals surface area (Å²) in [6.07, 6.45) is -0.397. The second-order valence-corrected chi connectivity index (χ2v) is 5.20. The van der Waals surface area contributed by atoms with Gasteiger partial charge in [-0.15, -0.1) is 11.8 Å². The molecule has 0 aromatic heterocycles. The summed E-state index contributed by atoms with van der Waals surface area (Å²) in [5.74, 6) is 1.03. The molecule has 0 fully saturated rings. The summed E-state index contributed by atoms with van der Waals surface area (Å²) in [6, 6.07) is 10.4. The van der Waals surface area contributed by atoms with Crippen molar-refractivity contribution >= 4 is 11.8 Å². The predicted octanol–water partition coefficient (Wildman–Crippen LogP) is 1.72. The van der Waals surface area contributed by atoms with Gasteiger partial charge in [0.1, 0.15) is 0 Å². The number of nitrogens with zero attached hydrogens (tertiary/aromatic N) is 1. The van der Waals surface area contributed by atoms with E-state index in [1.165, 1.54) is 4.90 Å². The molecule has 0 radical (unpaired) electrons. The zero-order chi connectivity index (χ0) is 12.5. The van der Waals surface area contributed by atoms with Gasteiger partial charge >= 0.3 is 0 Å². The van der Waals surface area contributed by atoms with Crippen molar-refractivity contribution in [2.24, 2.45) is 0 Å². The summed E-state index contributed by atoms with van der Waals surface area (Å²) in [4.78, 5) is 3.41. The van der Waals surface area contributed by atoms with Crippen molar-refractivity contribution in [1.29, 1.82) is 0 Å². The van der Waals surface area contributed by atoms with Crippen LogP contribution in [0.4, 0.5) is 0 Å². The number of benzene rings is 1. The van der Waals surface area contributed by atoms with Crippen LogP contribution in [-0.2, 0) is 4.74 Å². The number of aliphatic hydroxyl groups excluding tert-OH is 1. The molecular formula is C13H21NO2S. The third-order valence-electron chi connectivity index (χ3n) is 2.37. The topological polar surface area (TPSA) is 32.7 Å². The lowest BCUT2D eigenvalue weighted by molar-refractivity contribution is 0.0445. The van der Waals surface area contributed by atoms with E-state index in [0.717, 1.165) is 12.3 Å². The summed E-state index contributed by atoms with van der Waals surface area (Å²) in [7, 11) is 3.62. The molecule has 1 N–H and O–H groups in total. The molecule has 1 atom stereocenters. The first-order valence-corrected chi connectivity index (χ1v) is 6.74. The van der Waals surface area contributed by atoms with Crippen molar-refractivity contribution < 1.29 is 9.84 Å². The van der Waals surface area contributed by atoms with Crippen LogP contribution in [0.15, 0.2) is 35.2 Å². The fraction of sp³-hybridized carbons (Fsp3) is 0.538. The minimum atomic E-state index is -0.397. The van der Waals surface area contributed by atoms with Gasteiger partial charge in [0, 0.05) is 30.8 Å². The number of hydrogen-bond acceptors (Lipinski definition) is 4. The molecular weight excluding hydrogens is 234 g/mol. The van der Waals surface area contributed by atoms with Crippen LogP contribution in [0.2, 0.25) is 0 Å². The molecule has 0 bridgehead atoms. The molecule has 1 rings (SSSR count). The van der Waals surface area contributed by atoms with Crippen molar-refractivity contribution in [3.8, 4) is 0 Å². The maximum absolute atomic E-state index is 9.56. The minimum Gasteiger partial charge on any atom is -0.389 e. The summed E-state index contributed by atoms with van der Waals surface area (Å²) < 4.78 is 4.90. The molecule has 1 aromatic carbocycles. The van der Waals surface area contributed by atoms with Crippen LogP contribution in [0.5, 0.6) is 0 Å². The maximum atomic E-state index is 9.56. The fourth-order valence-electron chi connectivity index (χ4n) is 1.53. The van der Waals surface area contributed by atoms with Gasteiger partial charge in [0.15, 0.2) is 0 Å². The number of aliphatic hydroxyl groups is 1. The van der Waals surface area contributed by atoms with Gasteiger partial charge in [-0.2, -0.15) is 0 Å². The lowest BCUT2D eigenvalue weighted by Gasteiger charge is -2.19. The largest absolute Gasteiger partial charge is 0.389 e. The quantitative estimate of drug-likeness (QED) is 0.717. The standard InChI is InChI=1S/C13H21NO2S/c1-14(10-12(15)11-16-2)8-9-17-13-6-4-3-5-7-13/h3-7,12,15H,8-11H2,1-2H3. The van der Waals surface area contributed by atoms with E-state index in [-0.39, 0.29) is 0 Å². The molecule has 1 unspecified atom stereocenters. The SMILES string of the molecule is COCC(O)CN(C)CCSc1ccccc1. The smallest absolute Gasteiger partial charge is 0.0899 e. The zero-order valence-electron chi connectivity index (χ0n) is 10.5. The Morgan fingerprint density at radius 2 is 2.06 bits per heavy atom. The minimum absolute atomic E-state index is 0.397. The normalized spacial score (nSPS) is 12.9. The first-order valence-electron chi connectivity index (χ1n) is 5.75. The van der Waals surface area contributed by atoms with Crippen LogP contribution in [0.25, 0.3) is 0 Å². The van der Waals surface area contributed by atoms with Gasteiger partial charge < -0.3 is 14.7 Å². The number of thioether (sulfide) groups is 1. The van der Waals surface area contributed by atoms with E-state index in [4.69, 9.17) is 4.74 Å². The highest BCUT2D eigenvalue weighted by atomic mass is 32.2. The first-order chi connectivity index (χ1) is 8.22. The van der Waals surface area contributed by atoms with E-state index in [1.807, 2.05) is 37.0 Å². The molecule has 4 heteroatoms. The molecule has 3 nitrogen and oxygen atoms in total. The Morgan fingerprint density at radius 1 is 1.35 bits per heavy atom. The Bertz CT molecular complexity index is 295. The summed E-state index contributed by atoms with van der Waals surface area (Å²) in [5.41, 5.74) is 0. The Morgan fingerprint density at radius 3 is 2.71 bits per heavy atom. The van der Waals surface area contributed by atoms with Gasteiger partial charge in [0.25, 0.3) is 0 Å². The van der Waals surface area contributed by atoms with Crippen LogP contribution in [0.1, 0.15) is 0 Å². The highest BCUT2D eigenvalue weighted by molar-refractivity contribution is 7.99. The number of likely N-dealkylation sites (N-methyl/N-ethyl adjacent to an activating group) is 1. The number of ether oxygens (including phenoxy) is 1. The van der Waals surface area contributed by atoms with Gasteiger partial charge in [-0.25, -0.2) is 0 Å². The van der Waals surface area contributed by atoms with Crippen LogP contribution >= 0.6 is 11.8 Å². The number of methoxy groups -OCH3 is 1. The van der Waals surface area contributed by atoms with Crippen LogP contribution in [0.3, 0.4) is 0 Å². The number of rotatable bonds is 8. The monoisotopic (exact) mass is 255 g/mol. The van der Waals surface area contributed by atoms with E-state index in [0.29, 0.717) is 13.2 Å². The molecule has 0 saturated carbocycles. The summed E-state index contributed by atoms with van der Waals surface area (Å²) in [6.45, 7) is 2.01. The molecule has 0 heterocycles. The van der Waals surface area contributed by atoms with E-state index in [9.17, 15) is 5.11 Å². The van der Waals surface area contributed by atoms with E-state index < -0.39 is 6.10 Å². The summed E-state index contributed by atoms with van der Waals surface area (Å²) in [5, 5.41) is 9.56. The second-order valence-electron chi connectivity index (χ2n) is 4.03. The van der Waals surface area contributed by atoms with Gasteiger partial charge in [0.05, 0.1) is 12.7 Å². The molecule has 0 aliphatic heterocycles. The van der Waals surface area contributed by atoms with E-state index in [1.54, 1.807) is 7.11 Å². The zero-order valence-corrected chi connectivity index (χ0v) is 11.3. The van der Waals surface area contributed by atoms with E-state index >= 15 is 0 Å². The lowest BCUT2D eigenvalue weighted by Crippen LogP contribution is -2.33. The fourth-order valence-corrected chi connectivity index (χ4v) is 2.52. The van der Waals surface area contributed by atoms with Gasteiger partial charge in [-0.3, -0.25) is 0 Å². The first kappa shape index (κ1) is 14.5. The van der Waals surface area contributed by atoms with Crippen molar-refractivity contribution in [3.05, 3.63) is 30.3 Å². The second kappa shape index (κ2) is 8.53. The van der Waals surface area contributed by atoms with Crippen LogP contribution in [-0.4, -0.2) is 55.7 Å².